The largest absolute Gasteiger partial charge is 0.476 e. The van der Waals surface area contributed by atoms with Gasteiger partial charge >= 0.3 is 5.97 Å². The van der Waals surface area contributed by atoms with Gasteiger partial charge in [0.25, 0.3) is 0 Å². The average Bonchev–Trinajstić information content (AvgIpc) is 2.39. The van der Waals surface area contributed by atoms with E-state index in [4.69, 9.17) is 9.47 Å². The highest BCUT2D eigenvalue weighted by molar-refractivity contribution is 5.81. The molecule has 2 rings (SSSR count). The summed E-state index contributed by atoms with van der Waals surface area (Å²) in [5.74, 6) is 0.253. The molecule has 2 aromatic rings. The summed E-state index contributed by atoms with van der Waals surface area (Å²) < 4.78 is 10.8. The van der Waals surface area contributed by atoms with Crippen LogP contribution in [0.5, 0.6) is 5.75 Å². The predicted molar refractivity (Wildman–Crippen MR) is 77.8 cm³/mol. The number of aromatic nitrogens is 1. The van der Waals surface area contributed by atoms with E-state index in [9.17, 15) is 4.79 Å². The number of pyridine rings is 1. The van der Waals surface area contributed by atoms with Crippen LogP contribution in [-0.2, 0) is 9.53 Å². The number of ether oxygens (including phenoxy) is 2. The smallest absolute Gasteiger partial charge is 0.349 e. The van der Waals surface area contributed by atoms with E-state index in [1.165, 1.54) is 0 Å². The van der Waals surface area contributed by atoms with Crippen LogP contribution < -0.4 is 4.74 Å². The Labute approximate surface area is 118 Å². The van der Waals surface area contributed by atoms with E-state index in [-0.39, 0.29) is 5.97 Å². The number of fused-ring (bicyclic) bond motifs is 1. The fourth-order valence-electron chi connectivity index (χ4n) is 1.91. The summed E-state index contributed by atoms with van der Waals surface area (Å²) >= 11 is 0. The van der Waals surface area contributed by atoms with Crippen molar-refractivity contribution < 1.29 is 14.3 Å². The summed E-state index contributed by atoms with van der Waals surface area (Å²) in [4.78, 5) is 16.2. The summed E-state index contributed by atoms with van der Waals surface area (Å²) in [6.07, 6.45) is 0. The summed E-state index contributed by atoms with van der Waals surface area (Å²) in [5, 5.41) is 0.979. The standard InChI is InChI=1S/C16H19NO3/c1-5-19-15(18)16(3,4)20-13-8-9-14-12(10-13)7-6-11(2)17-14/h6-10H,5H2,1-4H3. The van der Waals surface area contributed by atoms with Crippen molar-refractivity contribution in [2.75, 3.05) is 6.61 Å². The van der Waals surface area contributed by atoms with Gasteiger partial charge in [0.1, 0.15) is 5.75 Å². The van der Waals surface area contributed by atoms with Crippen molar-refractivity contribution in [3.05, 3.63) is 36.0 Å². The van der Waals surface area contributed by atoms with Gasteiger partial charge in [-0.05, 0) is 52.0 Å². The Balaban J connectivity index is 2.25. The molecular weight excluding hydrogens is 254 g/mol. The van der Waals surface area contributed by atoms with Crippen LogP contribution in [0.1, 0.15) is 26.5 Å². The Morgan fingerprint density at radius 3 is 2.70 bits per heavy atom. The van der Waals surface area contributed by atoms with Crippen molar-refractivity contribution in [1.82, 2.24) is 4.98 Å². The van der Waals surface area contributed by atoms with Crippen molar-refractivity contribution in [3.8, 4) is 5.75 Å². The molecule has 0 fully saturated rings. The molecule has 1 aromatic carbocycles. The van der Waals surface area contributed by atoms with Crippen LogP contribution in [0.4, 0.5) is 0 Å². The zero-order valence-electron chi connectivity index (χ0n) is 12.3. The van der Waals surface area contributed by atoms with E-state index in [0.29, 0.717) is 12.4 Å². The first-order chi connectivity index (χ1) is 9.42. The topological polar surface area (TPSA) is 48.4 Å². The minimum Gasteiger partial charge on any atom is -0.476 e. The lowest BCUT2D eigenvalue weighted by molar-refractivity contribution is -0.158. The van der Waals surface area contributed by atoms with Gasteiger partial charge in [-0.25, -0.2) is 4.79 Å². The fourth-order valence-corrected chi connectivity index (χ4v) is 1.91. The molecule has 4 heteroatoms. The van der Waals surface area contributed by atoms with Crippen LogP contribution in [0.3, 0.4) is 0 Å². The number of carbonyl (C=O) groups is 1. The molecule has 0 bridgehead atoms. The third-order valence-electron chi connectivity index (χ3n) is 2.94. The molecule has 0 saturated carbocycles. The Morgan fingerprint density at radius 2 is 2.00 bits per heavy atom. The number of hydrogen-bond acceptors (Lipinski definition) is 4. The Morgan fingerprint density at radius 1 is 1.25 bits per heavy atom. The van der Waals surface area contributed by atoms with Gasteiger partial charge in [0.2, 0.25) is 0 Å². The normalized spacial score (nSPS) is 11.4. The van der Waals surface area contributed by atoms with E-state index in [2.05, 4.69) is 4.98 Å². The molecule has 0 radical (unpaired) electrons. The van der Waals surface area contributed by atoms with Crippen molar-refractivity contribution in [1.29, 1.82) is 0 Å². The third-order valence-corrected chi connectivity index (χ3v) is 2.94. The SMILES string of the molecule is CCOC(=O)C(C)(C)Oc1ccc2nc(C)ccc2c1. The first-order valence-electron chi connectivity index (χ1n) is 6.66. The molecule has 0 aliphatic rings. The van der Waals surface area contributed by atoms with Crippen LogP contribution in [0.2, 0.25) is 0 Å². The lowest BCUT2D eigenvalue weighted by atomic mass is 10.1. The highest BCUT2D eigenvalue weighted by atomic mass is 16.6. The molecule has 106 valence electrons. The van der Waals surface area contributed by atoms with Gasteiger partial charge < -0.3 is 9.47 Å². The van der Waals surface area contributed by atoms with Gasteiger partial charge in [-0.3, -0.25) is 4.98 Å². The van der Waals surface area contributed by atoms with Gasteiger partial charge in [0, 0.05) is 11.1 Å². The quantitative estimate of drug-likeness (QED) is 0.802. The van der Waals surface area contributed by atoms with Crippen molar-refractivity contribution in [2.45, 2.75) is 33.3 Å². The second kappa shape index (κ2) is 5.49. The minimum absolute atomic E-state index is 0.340. The average molecular weight is 273 g/mol. The molecule has 1 aromatic heterocycles. The summed E-state index contributed by atoms with van der Waals surface area (Å²) in [6, 6.07) is 9.52. The van der Waals surface area contributed by atoms with Crippen LogP contribution in [0.25, 0.3) is 10.9 Å². The maximum Gasteiger partial charge on any atom is 0.349 e. The molecule has 0 atom stereocenters. The lowest BCUT2D eigenvalue weighted by Gasteiger charge is -2.24. The highest BCUT2D eigenvalue weighted by Gasteiger charge is 2.31. The number of aryl methyl sites for hydroxylation is 1. The second-order valence-corrected chi connectivity index (χ2v) is 5.14. The summed E-state index contributed by atoms with van der Waals surface area (Å²) in [7, 11) is 0. The van der Waals surface area contributed by atoms with E-state index < -0.39 is 5.60 Å². The fraction of sp³-hybridized carbons (Fsp3) is 0.375. The van der Waals surface area contributed by atoms with Crippen molar-refractivity contribution >= 4 is 16.9 Å². The molecule has 0 amide bonds. The summed E-state index contributed by atoms with van der Waals surface area (Å²) in [5.41, 5.74) is 0.867. The Hall–Kier alpha value is -2.10. The van der Waals surface area contributed by atoms with Gasteiger partial charge in [-0.2, -0.15) is 0 Å². The molecular formula is C16H19NO3. The van der Waals surface area contributed by atoms with Crippen LogP contribution >= 0.6 is 0 Å². The number of nitrogens with zero attached hydrogens (tertiary/aromatic N) is 1. The predicted octanol–water partition coefficient (Wildman–Crippen LogP) is 3.26. The zero-order valence-corrected chi connectivity index (χ0v) is 12.3. The molecule has 4 nitrogen and oxygen atoms in total. The van der Waals surface area contributed by atoms with E-state index in [0.717, 1.165) is 16.6 Å². The molecule has 0 aliphatic heterocycles. The van der Waals surface area contributed by atoms with Crippen molar-refractivity contribution in [2.24, 2.45) is 0 Å². The maximum atomic E-state index is 11.8. The minimum atomic E-state index is -1.01. The van der Waals surface area contributed by atoms with Crippen LogP contribution in [0.15, 0.2) is 30.3 Å². The van der Waals surface area contributed by atoms with E-state index >= 15 is 0 Å². The van der Waals surface area contributed by atoms with E-state index in [1.807, 2.05) is 37.3 Å². The van der Waals surface area contributed by atoms with E-state index in [1.54, 1.807) is 20.8 Å². The third kappa shape index (κ3) is 3.07. The Bertz CT molecular complexity index is 635. The van der Waals surface area contributed by atoms with Crippen LogP contribution in [0, 0.1) is 6.92 Å². The van der Waals surface area contributed by atoms with Gasteiger partial charge in [0.15, 0.2) is 5.60 Å². The number of hydrogen-bond donors (Lipinski definition) is 0. The number of rotatable bonds is 4. The number of benzene rings is 1. The first kappa shape index (κ1) is 14.3. The number of esters is 1. The van der Waals surface area contributed by atoms with Crippen LogP contribution in [-0.4, -0.2) is 23.2 Å². The van der Waals surface area contributed by atoms with Crippen molar-refractivity contribution in [3.63, 3.8) is 0 Å². The molecule has 0 aliphatic carbocycles. The molecule has 0 saturated heterocycles. The molecule has 20 heavy (non-hydrogen) atoms. The monoisotopic (exact) mass is 273 g/mol. The van der Waals surface area contributed by atoms with Gasteiger partial charge in [0.05, 0.1) is 12.1 Å². The summed E-state index contributed by atoms with van der Waals surface area (Å²) in [6.45, 7) is 7.46. The van der Waals surface area contributed by atoms with Gasteiger partial charge in [-0.15, -0.1) is 0 Å². The van der Waals surface area contributed by atoms with Gasteiger partial charge in [-0.1, -0.05) is 6.07 Å². The zero-order chi connectivity index (χ0) is 14.8. The highest BCUT2D eigenvalue weighted by Crippen LogP contribution is 2.24. The first-order valence-corrected chi connectivity index (χ1v) is 6.66. The maximum absolute atomic E-state index is 11.8. The number of carbonyl (C=O) groups excluding carboxylic acids is 1. The lowest BCUT2D eigenvalue weighted by Crippen LogP contribution is -2.39. The Kier molecular flexibility index (Phi) is 3.93. The second-order valence-electron chi connectivity index (χ2n) is 5.14. The molecule has 0 unspecified atom stereocenters. The molecule has 0 N–H and O–H groups in total. The molecule has 0 spiro atoms. The molecule has 1 heterocycles.